The van der Waals surface area contributed by atoms with Crippen molar-refractivity contribution < 1.29 is 14.7 Å². The van der Waals surface area contributed by atoms with E-state index in [9.17, 15) is 9.59 Å². The first-order valence-electron chi connectivity index (χ1n) is 11.4. The summed E-state index contributed by atoms with van der Waals surface area (Å²) in [7, 11) is 0. The van der Waals surface area contributed by atoms with Crippen LogP contribution in [0.1, 0.15) is 33.5 Å². The van der Waals surface area contributed by atoms with E-state index in [-0.39, 0.29) is 18.9 Å². The van der Waals surface area contributed by atoms with E-state index in [2.05, 4.69) is 58.9 Å². The molecule has 2 N–H and O–H groups in total. The van der Waals surface area contributed by atoms with E-state index in [1.807, 2.05) is 30.3 Å². The summed E-state index contributed by atoms with van der Waals surface area (Å²) in [5.74, 6) is -1.21. The highest BCUT2D eigenvalue weighted by molar-refractivity contribution is 7.14. The summed E-state index contributed by atoms with van der Waals surface area (Å²) in [5, 5.41) is 14.4. The van der Waals surface area contributed by atoms with Gasteiger partial charge in [-0.05, 0) is 30.2 Å². The molecular formula is C28H27N3O3S. The third-order valence-electron chi connectivity index (χ3n) is 5.54. The Morgan fingerprint density at radius 1 is 0.914 bits per heavy atom. The van der Waals surface area contributed by atoms with Crippen LogP contribution in [0.3, 0.4) is 0 Å². The van der Waals surface area contributed by atoms with Crippen LogP contribution in [0, 0.1) is 6.92 Å². The molecule has 4 aromatic rings. The minimum absolute atomic E-state index is 0.101. The van der Waals surface area contributed by atoms with Crippen molar-refractivity contribution >= 4 is 28.3 Å². The first-order valence-corrected chi connectivity index (χ1v) is 12.3. The van der Waals surface area contributed by atoms with Crippen molar-refractivity contribution in [3.8, 4) is 11.3 Å². The molecule has 0 unspecified atom stereocenters. The number of carbonyl (C=O) groups excluding carboxylic acids is 1. The Morgan fingerprint density at radius 3 is 2.23 bits per heavy atom. The Kier molecular flexibility index (Phi) is 7.90. The number of amides is 1. The van der Waals surface area contributed by atoms with Crippen LogP contribution < -0.4 is 10.2 Å². The van der Waals surface area contributed by atoms with Crippen LogP contribution in [0.5, 0.6) is 0 Å². The zero-order chi connectivity index (χ0) is 24.6. The number of nitrogens with zero attached hydrogens (tertiary/aromatic N) is 2. The molecule has 0 fully saturated rings. The minimum Gasteiger partial charge on any atom is -0.481 e. The smallest absolute Gasteiger partial charge is 0.305 e. The Hall–Kier alpha value is -3.97. The number of carbonyl (C=O) groups is 2. The number of benzene rings is 3. The number of rotatable bonds is 10. The lowest BCUT2D eigenvalue weighted by molar-refractivity contribution is -0.136. The summed E-state index contributed by atoms with van der Waals surface area (Å²) in [6, 6.07) is 26.0. The lowest BCUT2D eigenvalue weighted by Crippen LogP contribution is -2.26. The van der Waals surface area contributed by atoms with Gasteiger partial charge in [0.2, 0.25) is 0 Å². The van der Waals surface area contributed by atoms with Gasteiger partial charge in [-0.25, -0.2) is 4.98 Å². The number of hydrogen-bond donors (Lipinski definition) is 2. The van der Waals surface area contributed by atoms with Crippen molar-refractivity contribution in [3.63, 3.8) is 0 Å². The lowest BCUT2D eigenvalue weighted by atomic mass is 10.1. The van der Waals surface area contributed by atoms with Gasteiger partial charge in [0.15, 0.2) is 5.13 Å². The summed E-state index contributed by atoms with van der Waals surface area (Å²) in [6.07, 6.45) is -0.101. The predicted molar refractivity (Wildman–Crippen MR) is 140 cm³/mol. The molecular weight excluding hydrogens is 458 g/mol. The van der Waals surface area contributed by atoms with Crippen LogP contribution in [0.25, 0.3) is 11.3 Å². The normalized spacial score (nSPS) is 10.7. The number of anilines is 1. The monoisotopic (exact) mass is 485 g/mol. The van der Waals surface area contributed by atoms with Crippen molar-refractivity contribution in [1.82, 2.24) is 10.3 Å². The second kappa shape index (κ2) is 11.4. The van der Waals surface area contributed by atoms with Gasteiger partial charge in [0.1, 0.15) is 0 Å². The van der Waals surface area contributed by atoms with E-state index in [1.165, 1.54) is 11.1 Å². The van der Waals surface area contributed by atoms with E-state index in [1.54, 1.807) is 23.5 Å². The Balaban J connectivity index is 1.51. The molecule has 3 aromatic carbocycles. The molecule has 0 aliphatic carbocycles. The number of carboxylic acid groups (broad SMARTS) is 1. The molecule has 0 radical (unpaired) electrons. The quantitative estimate of drug-likeness (QED) is 0.309. The zero-order valence-corrected chi connectivity index (χ0v) is 20.3. The number of aryl methyl sites for hydroxylation is 1. The highest BCUT2D eigenvalue weighted by atomic mass is 32.1. The van der Waals surface area contributed by atoms with Gasteiger partial charge in [0.05, 0.1) is 12.1 Å². The van der Waals surface area contributed by atoms with Gasteiger partial charge < -0.3 is 15.3 Å². The summed E-state index contributed by atoms with van der Waals surface area (Å²) >= 11 is 1.62. The number of hydrogen-bond acceptors (Lipinski definition) is 5. The fourth-order valence-corrected chi connectivity index (χ4v) is 4.46. The summed E-state index contributed by atoms with van der Waals surface area (Å²) < 4.78 is 0. The van der Waals surface area contributed by atoms with Crippen LogP contribution >= 0.6 is 11.3 Å². The molecule has 1 aromatic heterocycles. The summed E-state index contributed by atoms with van der Waals surface area (Å²) in [6.45, 7) is 3.52. The molecule has 7 heteroatoms. The number of thiazole rings is 1. The van der Waals surface area contributed by atoms with E-state index >= 15 is 0 Å². The molecule has 4 rings (SSSR count). The van der Waals surface area contributed by atoms with E-state index in [0.717, 1.165) is 22.0 Å². The van der Waals surface area contributed by atoms with Gasteiger partial charge in [0.25, 0.3) is 5.91 Å². The SMILES string of the molecule is Cc1ccc(-c2csc(N(Cc3ccccc3)Cc3ccc(C(=O)NCCC(=O)O)cc3)n2)cc1. The van der Waals surface area contributed by atoms with Crippen molar-refractivity contribution in [2.75, 3.05) is 11.4 Å². The third kappa shape index (κ3) is 6.77. The van der Waals surface area contributed by atoms with Gasteiger partial charge in [-0.3, -0.25) is 9.59 Å². The average Bonchev–Trinajstić information content (AvgIpc) is 3.35. The van der Waals surface area contributed by atoms with Crippen LogP contribution in [-0.4, -0.2) is 28.5 Å². The Morgan fingerprint density at radius 2 is 1.57 bits per heavy atom. The van der Waals surface area contributed by atoms with E-state index in [4.69, 9.17) is 10.1 Å². The summed E-state index contributed by atoms with van der Waals surface area (Å²) in [5.41, 5.74) is 6.01. The van der Waals surface area contributed by atoms with Crippen molar-refractivity contribution in [2.45, 2.75) is 26.4 Å². The molecule has 0 aliphatic heterocycles. The number of carboxylic acids is 1. The average molecular weight is 486 g/mol. The maximum atomic E-state index is 12.3. The fraction of sp³-hybridized carbons (Fsp3) is 0.179. The molecule has 0 aliphatic rings. The molecule has 0 bridgehead atoms. The van der Waals surface area contributed by atoms with Crippen LogP contribution in [0.4, 0.5) is 5.13 Å². The maximum absolute atomic E-state index is 12.3. The zero-order valence-electron chi connectivity index (χ0n) is 19.5. The summed E-state index contributed by atoms with van der Waals surface area (Å²) in [4.78, 5) is 30.1. The van der Waals surface area contributed by atoms with Crippen molar-refractivity contribution in [1.29, 1.82) is 0 Å². The predicted octanol–water partition coefficient (Wildman–Crippen LogP) is 5.53. The molecule has 0 saturated carbocycles. The van der Waals surface area contributed by atoms with E-state index in [0.29, 0.717) is 18.7 Å². The van der Waals surface area contributed by atoms with Gasteiger partial charge in [-0.15, -0.1) is 11.3 Å². The van der Waals surface area contributed by atoms with Gasteiger partial charge in [-0.1, -0.05) is 72.3 Å². The van der Waals surface area contributed by atoms with Crippen molar-refractivity contribution in [2.24, 2.45) is 0 Å². The first-order chi connectivity index (χ1) is 17.0. The molecule has 0 spiro atoms. The van der Waals surface area contributed by atoms with Gasteiger partial charge in [0, 0.05) is 36.1 Å². The first kappa shape index (κ1) is 24.2. The lowest BCUT2D eigenvalue weighted by Gasteiger charge is -2.22. The number of aliphatic carboxylic acids is 1. The fourth-order valence-electron chi connectivity index (χ4n) is 3.63. The molecule has 178 valence electrons. The van der Waals surface area contributed by atoms with Gasteiger partial charge >= 0.3 is 5.97 Å². The highest BCUT2D eigenvalue weighted by Crippen LogP contribution is 2.30. The molecule has 1 heterocycles. The van der Waals surface area contributed by atoms with Crippen molar-refractivity contribution in [3.05, 3.63) is 106 Å². The minimum atomic E-state index is -0.938. The maximum Gasteiger partial charge on any atom is 0.305 e. The Labute approximate surface area is 208 Å². The van der Waals surface area contributed by atoms with Crippen LogP contribution in [0.2, 0.25) is 0 Å². The second-order valence-electron chi connectivity index (χ2n) is 8.32. The number of aromatic nitrogens is 1. The standard InChI is InChI=1S/C28H27N3O3S/c1-20-7-11-23(12-8-20)25-19-35-28(30-25)31(17-21-5-3-2-4-6-21)18-22-9-13-24(14-10-22)27(34)29-16-15-26(32)33/h2-14,19H,15-18H2,1H3,(H,29,34)(H,32,33). The topological polar surface area (TPSA) is 82.5 Å². The van der Waals surface area contributed by atoms with E-state index < -0.39 is 5.97 Å². The van der Waals surface area contributed by atoms with Gasteiger partial charge in [-0.2, -0.15) is 0 Å². The van der Waals surface area contributed by atoms with Crippen LogP contribution in [-0.2, 0) is 17.9 Å². The molecule has 1 amide bonds. The second-order valence-corrected chi connectivity index (χ2v) is 9.16. The number of nitrogens with one attached hydrogen (secondary N) is 1. The molecule has 35 heavy (non-hydrogen) atoms. The molecule has 0 atom stereocenters. The highest BCUT2D eigenvalue weighted by Gasteiger charge is 2.15. The largest absolute Gasteiger partial charge is 0.481 e. The molecule has 6 nitrogen and oxygen atoms in total. The van der Waals surface area contributed by atoms with Crippen LogP contribution in [0.15, 0.2) is 84.2 Å². The molecule has 0 saturated heterocycles. The Bertz CT molecular complexity index is 1270. The third-order valence-corrected chi connectivity index (χ3v) is 6.44.